The van der Waals surface area contributed by atoms with Crippen molar-refractivity contribution in [1.82, 2.24) is 0 Å². The highest BCUT2D eigenvalue weighted by Gasteiger charge is 2.17. The number of benzene rings is 12. The number of para-hydroxylation sites is 1. The number of fused-ring (bicyclic) bond motifs is 9. The van der Waals surface area contributed by atoms with Gasteiger partial charge in [0, 0.05) is 27.8 Å². The highest BCUT2D eigenvalue weighted by Crippen LogP contribution is 2.42. The lowest BCUT2D eigenvalue weighted by Crippen LogP contribution is -2.10. The number of hydrogen-bond donors (Lipinski definition) is 0. The third kappa shape index (κ3) is 6.42. The van der Waals surface area contributed by atoms with E-state index in [-0.39, 0.29) is 0 Å². The standard InChI is InChI=1S/C64H41NO/c1-3-14-54-46(11-1)34-39-59-56(17-8-19-58(54)59)50-12-7-13-53(40-50)65(52-37-32-47(33-38-52)57-18-9-21-63-64(57)60-16-5-6-20-62(60)66-63)51-35-30-43(31-36-51)42-22-24-44(25-23-42)49-29-28-48-27-26-45-10-2-4-15-55(45)61(48)41-49/h1-41H. The van der Waals surface area contributed by atoms with Gasteiger partial charge in [-0.1, -0.05) is 194 Å². The molecule has 13 rings (SSSR count). The maximum absolute atomic E-state index is 6.27. The Bertz CT molecular complexity index is 3970. The summed E-state index contributed by atoms with van der Waals surface area (Å²) in [5.74, 6) is 0. The summed E-state index contributed by atoms with van der Waals surface area (Å²) in [4.78, 5) is 2.37. The highest BCUT2D eigenvalue weighted by atomic mass is 16.3. The molecule has 0 saturated carbocycles. The average molecular weight is 840 g/mol. The molecule has 0 amide bonds. The summed E-state index contributed by atoms with van der Waals surface area (Å²) in [5, 5.41) is 12.4. The Hall–Kier alpha value is -8.72. The summed E-state index contributed by atoms with van der Waals surface area (Å²) in [6.07, 6.45) is 0. The molecule has 12 aromatic carbocycles. The van der Waals surface area contributed by atoms with Crippen molar-refractivity contribution in [2.24, 2.45) is 0 Å². The molecule has 0 fully saturated rings. The zero-order valence-corrected chi connectivity index (χ0v) is 36.0. The lowest BCUT2D eigenvalue weighted by molar-refractivity contribution is 0.669. The normalized spacial score (nSPS) is 11.6. The van der Waals surface area contributed by atoms with Crippen LogP contribution in [0.1, 0.15) is 0 Å². The second kappa shape index (κ2) is 15.5. The van der Waals surface area contributed by atoms with Gasteiger partial charge >= 0.3 is 0 Å². The van der Waals surface area contributed by atoms with Crippen LogP contribution in [0.4, 0.5) is 17.1 Å². The van der Waals surface area contributed by atoms with E-state index in [4.69, 9.17) is 4.42 Å². The first-order valence-electron chi connectivity index (χ1n) is 22.6. The van der Waals surface area contributed by atoms with E-state index in [1.54, 1.807) is 0 Å². The van der Waals surface area contributed by atoms with Crippen molar-refractivity contribution in [3.63, 3.8) is 0 Å². The molecule has 0 radical (unpaired) electrons. The average Bonchev–Trinajstić information content (AvgIpc) is 3.78. The second-order valence-corrected chi connectivity index (χ2v) is 17.2. The van der Waals surface area contributed by atoms with Crippen molar-refractivity contribution in [2.45, 2.75) is 0 Å². The van der Waals surface area contributed by atoms with Gasteiger partial charge in [0.25, 0.3) is 0 Å². The number of nitrogens with zero attached hydrogens (tertiary/aromatic N) is 1. The monoisotopic (exact) mass is 839 g/mol. The summed E-state index contributed by atoms with van der Waals surface area (Å²) >= 11 is 0. The van der Waals surface area contributed by atoms with Gasteiger partial charge in [0.2, 0.25) is 0 Å². The summed E-state index contributed by atoms with van der Waals surface area (Å²) < 4.78 is 6.27. The first-order chi connectivity index (χ1) is 32.7. The Morgan fingerprint density at radius 2 is 0.742 bits per heavy atom. The van der Waals surface area contributed by atoms with Gasteiger partial charge < -0.3 is 9.32 Å². The smallest absolute Gasteiger partial charge is 0.136 e. The molecule has 1 heterocycles. The van der Waals surface area contributed by atoms with Gasteiger partial charge in [-0.25, -0.2) is 0 Å². The highest BCUT2D eigenvalue weighted by molar-refractivity contribution is 6.14. The molecule has 0 N–H and O–H groups in total. The molecule has 2 heteroatoms. The van der Waals surface area contributed by atoms with Crippen molar-refractivity contribution in [3.05, 3.63) is 249 Å². The van der Waals surface area contributed by atoms with Crippen LogP contribution < -0.4 is 4.90 Å². The molecule has 1 aromatic heterocycles. The van der Waals surface area contributed by atoms with E-state index in [9.17, 15) is 0 Å². The first kappa shape index (κ1) is 37.8. The molecule has 0 aliphatic heterocycles. The third-order valence-corrected chi connectivity index (χ3v) is 13.5. The Kier molecular flexibility index (Phi) is 8.89. The zero-order chi connectivity index (χ0) is 43.6. The summed E-state index contributed by atoms with van der Waals surface area (Å²) in [6, 6.07) is 90.3. The fourth-order valence-corrected chi connectivity index (χ4v) is 10.2. The molecule has 0 aliphatic carbocycles. The first-order valence-corrected chi connectivity index (χ1v) is 22.6. The molecule has 0 bridgehead atoms. The Morgan fingerprint density at radius 1 is 0.242 bits per heavy atom. The van der Waals surface area contributed by atoms with Gasteiger partial charge in [-0.05, 0) is 142 Å². The van der Waals surface area contributed by atoms with Crippen molar-refractivity contribution in [3.8, 4) is 44.5 Å². The van der Waals surface area contributed by atoms with Crippen LogP contribution in [0, 0.1) is 0 Å². The molecule has 66 heavy (non-hydrogen) atoms. The number of furan rings is 1. The largest absolute Gasteiger partial charge is 0.456 e. The van der Waals surface area contributed by atoms with Crippen molar-refractivity contribution in [1.29, 1.82) is 0 Å². The molecule has 13 aromatic rings. The summed E-state index contributed by atoms with van der Waals surface area (Å²) in [7, 11) is 0. The number of hydrogen-bond acceptors (Lipinski definition) is 2. The van der Waals surface area contributed by atoms with E-state index in [0.717, 1.165) is 50.1 Å². The Labute approximate surface area is 382 Å². The van der Waals surface area contributed by atoms with Crippen LogP contribution in [0.5, 0.6) is 0 Å². The van der Waals surface area contributed by atoms with E-state index < -0.39 is 0 Å². The molecule has 0 aliphatic rings. The molecule has 0 atom stereocenters. The fourth-order valence-electron chi connectivity index (χ4n) is 10.2. The maximum atomic E-state index is 6.27. The van der Waals surface area contributed by atoms with Crippen LogP contribution in [0.15, 0.2) is 253 Å². The number of rotatable bonds is 7. The Balaban J connectivity index is 0.881. The van der Waals surface area contributed by atoms with Crippen molar-refractivity contribution >= 4 is 82.1 Å². The summed E-state index contributed by atoms with van der Waals surface area (Å²) in [6.45, 7) is 0. The molecule has 0 spiro atoms. The molecular weight excluding hydrogens is 799 g/mol. The predicted molar refractivity (Wildman–Crippen MR) is 280 cm³/mol. The van der Waals surface area contributed by atoms with E-state index >= 15 is 0 Å². The van der Waals surface area contributed by atoms with Crippen LogP contribution >= 0.6 is 0 Å². The minimum atomic E-state index is 0.898. The maximum Gasteiger partial charge on any atom is 0.136 e. The number of anilines is 3. The van der Waals surface area contributed by atoms with E-state index in [1.807, 2.05) is 12.1 Å². The molecule has 0 saturated heterocycles. The lowest BCUT2D eigenvalue weighted by Gasteiger charge is -2.26. The van der Waals surface area contributed by atoms with Crippen LogP contribution in [-0.2, 0) is 0 Å². The fraction of sp³-hybridized carbons (Fsp3) is 0. The van der Waals surface area contributed by atoms with Crippen LogP contribution in [0.3, 0.4) is 0 Å². The van der Waals surface area contributed by atoms with Gasteiger partial charge in [-0.2, -0.15) is 0 Å². The lowest BCUT2D eigenvalue weighted by atomic mass is 9.94. The minimum Gasteiger partial charge on any atom is -0.456 e. The van der Waals surface area contributed by atoms with Gasteiger partial charge in [-0.3, -0.25) is 0 Å². The molecule has 308 valence electrons. The molecule has 0 unspecified atom stereocenters. The third-order valence-electron chi connectivity index (χ3n) is 13.5. The van der Waals surface area contributed by atoms with Crippen LogP contribution in [-0.4, -0.2) is 0 Å². The quantitative estimate of drug-likeness (QED) is 0.149. The van der Waals surface area contributed by atoms with Crippen molar-refractivity contribution < 1.29 is 4.42 Å². The van der Waals surface area contributed by atoms with Gasteiger partial charge in [0.1, 0.15) is 11.2 Å². The zero-order valence-electron chi connectivity index (χ0n) is 36.0. The van der Waals surface area contributed by atoms with E-state index in [1.165, 1.54) is 76.5 Å². The minimum absolute atomic E-state index is 0.898. The molecule has 2 nitrogen and oxygen atoms in total. The van der Waals surface area contributed by atoms with E-state index in [2.05, 4.69) is 241 Å². The van der Waals surface area contributed by atoms with Gasteiger partial charge in [-0.15, -0.1) is 0 Å². The topological polar surface area (TPSA) is 16.4 Å². The van der Waals surface area contributed by atoms with Crippen LogP contribution in [0.2, 0.25) is 0 Å². The van der Waals surface area contributed by atoms with Gasteiger partial charge in [0.05, 0.1) is 0 Å². The summed E-state index contributed by atoms with van der Waals surface area (Å²) in [5.41, 5.74) is 14.5. The van der Waals surface area contributed by atoms with Crippen molar-refractivity contribution in [2.75, 3.05) is 4.90 Å². The van der Waals surface area contributed by atoms with Gasteiger partial charge in [0.15, 0.2) is 0 Å². The van der Waals surface area contributed by atoms with E-state index in [0.29, 0.717) is 0 Å². The molecular formula is C64H41NO. The Morgan fingerprint density at radius 3 is 1.48 bits per heavy atom. The SMILES string of the molecule is c1cc(-c2cccc3c2ccc2ccccc23)cc(N(c2ccc(-c3ccc(-c4ccc5ccc6ccccc6c5c4)cc3)cc2)c2ccc(-c3cccc4oc5ccccc5c34)cc2)c1. The second-order valence-electron chi connectivity index (χ2n) is 17.2. The predicted octanol–water partition coefficient (Wildman–Crippen LogP) is 18.3. The van der Waals surface area contributed by atoms with Crippen LogP contribution in [0.25, 0.3) is 110 Å².